The Morgan fingerprint density at radius 1 is 1.29 bits per heavy atom. The zero-order valence-electron chi connectivity index (χ0n) is 13.5. The van der Waals surface area contributed by atoms with Gasteiger partial charge in [0.15, 0.2) is 0 Å². The molecule has 21 heavy (non-hydrogen) atoms. The predicted octanol–water partition coefficient (Wildman–Crippen LogP) is 3.84. The second kappa shape index (κ2) is 7.60. The molecule has 0 saturated carbocycles. The normalized spacial score (nSPS) is 22.4. The summed E-state index contributed by atoms with van der Waals surface area (Å²) < 4.78 is 5.23. The molecule has 1 aromatic carbocycles. The first-order chi connectivity index (χ1) is 10.2. The number of hydrogen-bond acceptors (Lipinski definition) is 3. The molecule has 0 aromatic heterocycles. The van der Waals surface area contributed by atoms with Crippen molar-refractivity contribution in [1.82, 2.24) is 4.90 Å². The summed E-state index contributed by atoms with van der Waals surface area (Å²) >= 11 is 0. The average molecular weight is 289 g/mol. The molecular formula is C18H27NO2. The zero-order chi connectivity index (χ0) is 15.2. The van der Waals surface area contributed by atoms with Crippen LogP contribution in [0.4, 0.5) is 0 Å². The summed E-state index contributed by atoms with van der Waals surface area (Å²) in [6.45, 7) is 6.08. The van der Waals surface area contributed by atoms with Crippen LogP contribution in [0.1, 0.15) is 51.1 Å². The molecule has 0 N–H and O–H groups in total. The summed E-state index contributed by atoms with van der Waals surface area (Å²) in [5, 5.41) is 0. The second-order valence-corrected chi connectivity index (χ2v) is 5.97. The van der Waals surface area contributed by atoms with Gasteiger partial charge in [-0.3, -0.25) is 9.69 Å². The van der Waals surface area contributed by atoms with Gasteiger partial charge >= 0.3 is 0 Å². The molecule has 1 aliphatic heterocycles. The molecule has 1 aromatic rings. The molecule has 1 saturated heterocycles. The average Bonchev–Trinajstić information content (AvgIpc) is 2.92. The quantitative estimate of drug-likeness (QED) is 0.714. The molecule has 2 atom stereocenters. The third kappa shape index (κ3) is 3.85. The number of unbranched alkanes of at least 4 members (excludes halogenated alkanes) is 2. The number of ketones is 1. The maximum absolute atomic E-state index is 12.0. The fraction of sp³-hybridized carbons (Fsp3) is 0.611. The van der Waals surface area contributed by atoms with Crippen molar-refractivity contribution in [3.05, 3.63) is 29.8 Å². The number of ether oxygens (including phenoxy) is 1. The van der Waals surface area contributed by atoms with Crippen LogP contribution in [-0.2, 0) is 4.79 Å². The van der Waals surface area contributed by atoms with Crippen molar-refractivity contribution in [3.8, 4) is 5.75 Å². The van der Waals surface area contributed by atoms with Gasteiger partial charge in [-0.25, -0.2) is 0 Å². The molecule has 0 unspecified atom stereocenters. The van der Waals surface area contributed by atoms with E-state index < -0.39 is 0 Å². The van der Waals surface area contributed by atoms with Crippen molar-refractivity contribution in [2.24, 2.45) is 5.92 Å². The minimum absolute atomic E-state index is 0.139. The number of carbonyl (C=O) groups excluding carboxylic acids is 1. The first-order valence-corrected chi connectivity index (χ1v) is 8.05. The lowest BCUT2D eigenvalue weighted by molar-refractivity contribution is -0.121. The van der Waals surface area contributed by atoms with Gasteiger partial charge in [-0.1, -0.05) is 31.9 Å². The lowest BCUT2D eigenvalue weighted by Crippen LogP contribution is -2.28. The fourth-order valence-electron chi connectivity index (χ4n) is 3.34. The molecule has 2 rings (SSSR count). The number of Topliss-reactive ketones (excluding diaryl/α,β-unsaturated/α-hetero) is 1. The summed E-state index contributed by atoms with van der Waals surface area (Å²) in [6, 6.07) is 8.45. The van der Waals surface area contributed by atoms with E-state index in [-0.39, 0.29) is 12.0 Å². The van der Waals surface area contributed by atoms with Gasteiger partial charge in [0.2, 0.25) is 0 Å². The van der Waals surface area contributed by atoms with Crippen LogP contribution in [0.15, 0.2) is 24.3 Å². The lowest BCUT2D eigenvalue weighted by Gasteiger charge is -2.28. The van der Waals surface area contributed by atoms with Crippen LogP contribution in [0.5, 0.6) is 5.75 Å². The van der Waals surface area contributed by atoms with E-state index in [4.69, 9.17) is 4.74 Å². The van der Waals surface area contributed by atoms with Crippen molar-refractivity contribution >= 4 is 5.78 Å². The minimum Gasteiger partial charge on any atom is -0.497 e. The van der Waals surface area contributed by atoms with Gasteiger partial charge in [0.1, 0.15) is 11.5 Å². The van der Waals surface area contributed by atoms with Gasteiger partial charge in [0.25, 0.3) is 0 Å². The molecule has 1 heterocycles. The van der Waals surface area contributed by atoms with E-state index in [1.165, 1.54) is 24.8 Å². The monoisotopic (exact) mass is 289 g/mol. The topological polar surface area (TPSA) is 29.5 Å². The smallest absolute Gasteiger partial charge is 0.134 e. The molecule has 1 aliphatic rings. The second-order valence-electron chi connectivity index (χ2n) is 5.97. The van der Waals surface area contributed by atoms with E-state index in [1.807, 2.05) is 12.1 Å². The number of likely N-dealkylation sites (tertiary alicyclic amines) is 1. The van der Waals surface area contributed by atoms with E-state index in [0.717, 1.165) is 25.3 Å². The Bertz CT molecular complexity index is 455. The third-order valence-corrected chi connectivity index (χ3v) is 4.53. The SMILES string of the molecule is CCCCCN1CC[C@H](C(C)=O)[C@@H]1c1ccc(OC)cc1. The number of methoxy groups -OCH3 is 1. The highest BCUT2D eigenvalue weighted by molar-refractivity contribution is 5.79. The standard InChI is InChI=1S/C18H27NO2/c1-4-5-6-12-19-13-11-17(14(2)20)18(19)15-7-9-16(21-3)10-8-15/h7-10,17-18H,4-6,11-13H2,1-3H3/t17-,18+/m1/s1. The van der Waals surface area contributed by atoms with Crippen LogP contribution in [0.25, 0.3) is 0 Å². The maximum Gasteiger partial charge on any atom is 0.134 e. The highest BCUT2D eigenvalue weighted by Gasteiger charge is 2.37. The molecule has 0 spiro atoms. The largest absolute Gasteiger partial charge is 0.497 e. The van der Waals surface area contributed by atoms with Crippen molar-refractivity contribution in [2.45, 2.75) is 45.6 Å². The van der Waals surface area contributed by atoms with Gasteiger partial charge in [-0.15, -0.1) is 0 Å². The summed E-state index contributed by atoms with van der Waals surface area (Å²) in [5.41, 5.74) is 1.24. The Morgan fingerprint density at radius 2 is 2.00 bits per heavy atom. The maximum atomic E-state index is 12.0. The number of carbonyl (C=O) groups is 1. The molecule has 0 amide bonds. The number of hydrogen-bond donors (Lipinski definition) is 0. The summed E-state index contributed by atoms with van der Waals surface area (Å²) in [4.78, 5) is 14.5. The molecule has 0 radical (unpaired) electrons. The number of benzene rings is 1. The van der Waals surface area contributed by atoms with Crippen LogP contribution in [-0.4, -0.2) is 30.9 Å². The Labute approximate surface area is 128 Å². The van der Waals surface area contributed by atoms with Crippen molar-refractivity contribution < 1.29 is 9.53 Å². The molecule has 1 fully saturated rings. The first kappa shape index (κ1) is 16.0. The molecule has 0 aliphatic carbocycles. The van der Waals surface area contributed by atoms with Crippen molar-refractivity contribution in [1.29, 1.82) is 0 Å². The van der Waals surface area contributed by atoms with E-state index in [1.54, 1.807) is 14.0 Å². The Kier molecular flexibility index (Phi) is 5.80. The lowest BCUT2D eigenvalue weighted by atomic mass is 9.90. The fourth-order valence-corrected chi connectivity index (χ4v) is 3.34. The first-order valence-electron chi connectivity index (χ1n) is 8.05. The molecule has 3 nitrogen and oxygen atoms in total. The Morgan fingerprint density at radius 3 is 2.57 bits per heavy atom. The van der Waals surface area contributed by atoms with Crippen LogP contribution in [0.2, 0.25) is 0 Å². The van der Waals surface area contributed by atoms with Crippen molar-refractivity contribution in [2.75, 3.05) is 20.2 Å². The number of rotatable bonds is 7. The highest BCUT2D eigenvalue weighted by Crippen LogP contribution is 2.38. The molecule has 3 heteroatoms. The molecular weight excluding hydrogens is 262 g/mol. The van der Waals surface area contributed by atoms with E-state index in [9.17, 15) is 4.79 Å². The molecule has 0 bridgehead atoms. The van der Waals surface area contributed by atoms with E-state index in [0.29, 0.717) is 5.78 Å². The number of nitrogens with zero attached hydrogens (tertiary/aromatic N) is 1. The van der Waals surface area contributed by atoms with Crippen molar-refractivity contribution in [3.63, 3.8) is 0 Å². The molecule has 116 valence electrons. The van der Waals surface area contributed by atoms with E-state index in [2.05, 4.69) is 24.0 Å². The summed E-state index contributed by atoms with van der Waals surface area (Å²) in [5.74, 6) is 1.32. The predicted molar refractivity (Wildman–Crippen MR) is 85.6 cm³/mol. The van der Waals surface area contributed by atoms with Gasteiger partial charge in [0.05, 0.1) is 7.11 Å². The summed E-state index contributed by atoms with van der Waals surface area (Å²) in [7, 11) is 1.68. The Balaban J connectivity index is 2.16. The van der Waals surface area contributed by atoms with Gasteiger partial charge in [0, 0.05) is 12.0 Å². The van der Waals surface area contributed by atoms with Crippen LogP contribution < -0.4 is 4.74 Å². The highest BCUT2D eigenvalue weighted by atomic mass is 16.5. The summed E-state index contributed by atoms with van der Waals surface area (Å²) in [6.07, 6.45) is 4.69. The van der Waals surface area contributed by atoms with E-state index >= 15 is 0 Å². The van der Waals surface area contributed by atoms with Crippen LogP contribution in [0, 0.1) is 5.92 Å². The van der Waals surface area contributed by atoms with Crippen LogP contribution >= 0.6 is 0 Å². The van der Waals surface area contributed by atoms with Gasteiger partial charge in [-0.05, 0) is 50.6 Å². The Hall–Kier alpha value is -1.35. The zero-order valence-corrected chi connectivity index (χ0v) is 13.5. The van der Waals surface area contributed by atoms with Gasteiger partial charge in [-0.2, -0.15) is 0 Å². The minimum atomic E-state index is 0.139. The van der Waals surface area contributed by atoms with Gasteiger partial charge < -0.3 is 4.74 Å². The van der Waals surface area contributed by atoms with Crippen LogP contribution in [0.3, 0.4) is 0 Å². The third-order valence-electron chi connectivity index (χ3n) is 4.53.